The van der Waals surface area contributed by atoms with Gasteiger partial charge in [0, 0.05) is 30.3 Å². The minimum Gasteiger partial charge on any atom is -0.423 e. The Bertz CT molecular complexity index is 750. The standard InChI is InChI=1S/C18H24N2O4/c1-3-18(4-2,9-10-21)12-19-17(23)20-14-6-7-15-13(11-14)5-8-16(22)24-15/h5-8,11,21H,3-4,9-10,12H2,1-2H3,(H2,19,20,23). The smallest absolute Gasteiger partial charge is 0.336 e. The van der Waals surface area contributed by atoms with Crippen LogP contribution in [0.2, 0.25) is 0 Å². The summed E-state index contributed by atoms with van der Waals surface area (Å²) in [5, 5.41) is 15.6. The van der Waals surface area contributed by atoms with Gasteiger partial charge in [0.2, 0.25) is 0 Å². The summed E-state index contributed by atoms with van der Waals surface area (Å²) in [7, 11) is 0. The van der Waals surface area contributed by atoms with Gasteiger partial charge < -0.3 is 20.2 Å². The largest absolute Gasteiger partial charge is 0.423 e. The van der Waals surface area contributed by atoms with Gasteiger partial charge >= 0.3 is 11.7 Å². The van der Waals surface area contributed by atoms with Crippen molar-refractivity contribution in [2.45, 2.75) is 33.1 Å². The molecule has 2 aromatic rings. The van der Waals surface area contributed by atoms with Crippen molar-refractivity contribution >= 4 is 22.7 Å². The summed E-state index contributed by atoms with van der Waals surface area (Å²) in [5.41, 5.74) is 0.612. The van der Waals surface area contributed by atoms with E-state index in [0.29, 0.717) is 24.2 Å². The number of anilines is 1. The number of rotatable bonds is 7. The number of aliphatic hydroxyl groups is 1. The number of hydrogen-bond acceptors (Lipinski definition) is 4. The molecule has 0 bridgehead atoms. The number of carbonyl (C=O) groups is 1. The van der Waals surface area contributed by atoms with E-state index in [1.165, 1.54) is 6.07 Å². The number of urea groups is 1. The Balaban J connectivity index is 2.01. The van der Waals surface area contributed by atoms with E-state index in [1.807, 2.05) is 0 Å². The summed E-state index contributed by atoms with van der Waals surface area (Å²) in [6.07, 6.45) is 2.44. The van der Waals surface area contributed by atoms with Crippen LogP contribution in [0.25, 0.3) is 11.0 Å². The molecule has 0 radical (unpaired) electrons. The van der Waals surface area contributed by atoms with Gasteiger partial charge in [0.25, 0.3) is 0 Å². The van der Waals surface area contributed by atoms with E-state index in [-0.39, 0.29) is 18.1 Å². The first kappa shape index (κ1) is 18.0. The van der Waals surface area contributed by atoms with Crippen LogP contribution in [0.5, 0.6) is 0 Å². The Kier molecular flexibility index (Phi) is 5.98. The van der Waals surface area contributed by atoms with Crippen LogP contribution in [0, 0.1) is 5.41 Å². The second kappa shape index (κ2) is 7.97. The molecule has 0 saturated heterocycles. The number of nitrogens with one attached hydrogen (secondary N) is 2. The maximum Gasteiger partial charge on any atom is 0.336 e. The second-order valence-corrected chi connectivity index (χ2v) is 6.00. The maximum atomic E-state index is 12.1. The van der Waals surface area contributed by atoms with E-state index < -0.39 is 5.63 Å². The lowest BCUT2D eigenvalue weighted by atomic mass is 9.79. The lowest BCUT2D eigenvalue weighted by molar-refractivity contribution is 0.165. The number of hydrogen-bond donors (Lipinski definition) is 3. The van der Waals surface area contributed by atoms with Gasteiger partial charge in [-0.1, -0.05) is 13.8 Å². The lowest BCUT2D eigenvalue weighted by Crippen LogP contribution is -2.39. The van der Waals surface area contributed by atoms with Crippen LogP contribution in [-0.2, 0) is 0 Å². The zero-order valence-electron chi connectivity index (χ0n) is 14.1. The fourth-order valence-corrected chi connectivity index (χ4v) is 2.77. The van der Waals surface area contributed by atoms with Crippen molar-refractivity contribution in [1.29, 1.82) is 0 Å². The molecule has 0 fully saturated rings. The number of fused-ring (bicyclic) bond motifs is 1. The van der Waals surface area contributed by atoms with Crippen LogP contribution in [0.1, 0.15) is 33.1 Å². The van der Waals surface area contributed by atoms with E-state index >= 15 is 0 Å². The number of carbonyl (C=O) groups excluding carboxylic acids is 1. The highest BCUT2D eigenvalue weighted by Crippen LogP contribution is 2.29. The highest BCUT2D eigenvalue weighted by atomic mass is 16.4. The van der Waals surface area contributed by atoms with Crippen molar-refractivity contribution in [1.82, 2.24) is 5.32 Å². The predicted octanol–water partition coefficient (Wildman–Crippen LogP) is 3.10. The first-order valence-electron chi connectivity index (χ1n) is 8.21. The average molecular weight is 332 g/mol. The Morgan fingerprint density at radius 2 is 1.96 bits per heavy atom. The molecular weight excluding hydrogens is 308 g/mol. The fraction of sp³-hybridized carbons (Fsp3) is 0.444. The third kappa shape index (κ3) is 4.35. The molecule has 3 N–H and O–H groups in total. The molecule has 0 aliphatic heterocycles. The van der Waals surface area contributed by atoms with Gasteiger partial charge in [-0.3, -0.25) is 0 Å². The SMILES string of the molecule is CCC(CC)(CCO)CNC(=O)Nc1ccc2oc(=O)ccc2c1. The van der Waals surface area contributed by atoms with Crippen LogP contribution in [0.3, 0.4) is 0 Å². The monoisotopic (exact) mass is 332 g/mol. The second-order valence-electron chi connectivity index (χ2n) is 6.00. The molecule has 2 amide bonds. The van der Waals surface area contributed by atoms with Crippen molar-refractivity contribution < 1.29 is 14.3 Å². The first-order valence-corrected chi connectivity index (χ1v) is 8.21. The van der Waals surface area contributed by atoms with Crippen LogP contribution < -0.4 is 16.3 Å². The Morgan fingerprint density at radius 3 is 2.62 bits per heavy atom. The molecule has 6 nitrogen and oxygen atoms in total. The summed E-state index contributed by atoms with van der Waals surface area (Å²) < 4.78 is 5.06. The zero-order chi connectivity index (χ0) is 17.6. The quantitative estimate of drug-likeness (QED) is 0.679. The fourth-order valence-electron chi connectivity index (χ4n) is 2.77. The Hall–Kier alpha value is -2.34. The first-order chi connectivity index (χ1) is 11.5. The summed E-state index contributed by atoms with van der Waals surface area (Å²) in [6, 6.07) is 7.79. The lowest BCUT2D eigenvalue weighted by Gasteiger charge is -2.31. The van der Waals surface area contributed by atoms with Crippen LogP contribution >= 0.6 is 0 Å². The molecule has 0 atom stereocenters. The third-order valence-electron chi connectivity index (χ3n) is 4.64. The average Bonchev–Trinajstić information content (AvgIpc) is 2.59. The minimum atomic E-state index is -0.402. The normalized spacial score (nSPS) is 11.5. The molecular formula is C18H24N2O4. The maximum absolute atomic E-state index is 12.1. The summed E-state index contributed by atoms with van der Waals surface area (Å²) >= 11 is 0. The number of benzene rings is 1. The van der Waals surface area contributed by atoms with Gasteiger partial charge in [-0.2, -0.15) is 0 Å². The molecule has 0 aliphatic carbocycles. The molecule has 1 aromatic carbocycles. The van der Waals surface area contributed by atoms with Gasteiger partial charge in [0.05, 0.1) is 0 Å². The van der Waals surface area contributed by atoms with Crippen LogP contribution in [0.15, 0.2) is 39.5 Å². The van der Waals surface area contributed by atoms with Crippen molar-refractivity contribution in [2.75, 3.05) is 18.5 Å². The molecule has 130 valence electrons. The van der Waals surface area contributed by atoms with Gasteiger partial charge in [-0.05, 0) is 48.9 Å². The third-order valence-corrected chi connectivity index (χ3v) is 4.64. The molecule has 1 aromatic heterocycles. The van der Waals surface area contributed by atoms with Crippen LogP contribution in [-0.4, -0.2) is 24.3 Å². The molecule has 0 spiro atoms. The zero-order valence-corrected chi connectivity index (χ0v) is 14.1. The Labute approximate surface area is 140 Å². The molecule has 1 heterocycles. The van der Waals surface area contributed by atoms with Crippen molar-refractivity contribution in [2.24, 2.45) is 5.41 Å². The van der Waals surface area contributed by atoms with Crippen molar-refractivity contribution in [3.63, 3.8) is 0 Å². The minimum absolute atomic E-state index is 0.0844. The topological polar surface area (TPSA) is 91.6 Å². The van der Waals surface area contributed by atoms with Gasteiger partial charge in [-0.15, -0.1) is 0 Å². The van der Waals surface area contributed by atoms with Gasteiger partial charge in [0.1, 0.15) is 5.58 Å². The number of amides is 2. The molecule has 24 heavy (non-hydrogen) atoms. The van der Waals surface area contributed by atoms with E-state index in [0.717, 1.165) is 18.2 Å². The van der Waals surface area contributed by atoms with Crippen molar-refractivity contribution in [3.8, 4) is 0 Å². The summed E-state index contributed by atoms with van der Waals surface area (Å²) in [6.45, 7) is 4.75. The van der Waals surface area contributed by atoms with Gasteiger partial charge in [0.15, 0.2) is 0 Å². The van der Waals surface area contributed by atoms with E-state index in [9.17, 15) is 14.7 Å². The Morgan fingerprint density at radius 1 is 1.21 bits per heavy atom. The molecule has 0 saturated carbocycles. The van der Waals surface area contributed by atoms with E-state index in [1.54, 1.807) is 24.3 Å². The highest BCUT2D eigenvalue weighted by molar-refractivity contribution is 5.92. The molecule has 0 unspecified atom stereocenters. The molecule has 0 aliphatic rings. The number of aliphatic hydroxyl groups excluding tert-OH is 1. The summed E-state index contributed by atoms with van der Waals surface area (Å²) in [5.74, 6) is 0. The molecule has 6 heteroatoms. The van der Waals surface area contributed by atoms with E-state index in [4.69, 9.17) is 4.42 Å². The van der Waals surface area contributed by atoms with E-state index in [2.05, 4.69) is 24.5 Å². The summed E-state index contributed by atoms with van der Waals surface area (Å²) in [4.78, 5) is 23.3. The van der Waals surface area contributed by atoms with Crippen LogP contribution in [0.4, 0.5) is 10.5 Å². The molecule has 2 rings (SSSR count). The highest BCUT2D eigenvalue weighted by Gasteiger charge is 2.26. The van der Waals surface area contributed by atoms with Gasteiger partial charge in [-0.25, -0.2) is 9.59 Å². The van der Waals surface area contributed by atoms with Crippen molar-refractivity contribution in [3.05, 3.63) is 40.8 Å². The predicted molar refractivity (Wildman–Crippen MR) is 94.2 cm³/mol.